The molecule has 0 bridgehead atoms. The first-order valence-corrected chi connectivity index (χ1v) is 7.76. The minimum atomic E-state index is 0.522. The maximum absolute atomic E-state index is 6.45. The van der Waals surface area contributed by atoms with Gasteiger partial charge in [-0.15, -0.1) is 0 Å². The van der Waals surface area contributed by atoms with Crippen LogP contribution < -0.4 is 9.64 Å². The van der Waals surface area contributed by atoms with E-state index in [2.05, 4.69) is 35.2 Å². The molecule has 2 heterocycles. The minimum Gasteiger partial charge on any atom is -0.495 e. The quantitative estimate of drug-likeness (QED) is 0.847. The average Bonchev–Trinajstić information content (AvgIpc) is 2.94. The van der Waals surface area contributed by atoms with Crippen LogP contribution in [0.1, 0.15) is 12.8 Å². The normalized spacial score (nSPS) is 22.5. The number of anilines is 1. The first kappa shape index (κ1) is 14.5. The van der Waals surface area contributed by atoms with Crippen molar-refractivity contribution >= 4 is 17.3 Å². The molecule has 2 aliphatic rings. The lowest BCUT2D eigenvalue weighted by atomic mass is 10.0. The van der Waals surface area contributed by atoms with Crippen molar-refractivity contribution in [1.82, 2.24) is 4.90 Å². The zero-order chi connectivity index (χ0) is 14.8. The molecule has 0 aliphatic carbocycles. The fourth-order valence-electron chi connectivity index (χ4n) is 3.15. The molecule has 4 heteroatoms. The molecule has 1 fully saturated rings. The van der Waals surface area contributed by atoms with Crippen LogP contribution in [0.2, 0.25) is 5.02 Å². The highest BCUT2D eigenvalue weighted by molar-refractivity contribution is 6.34. The fraction of sp³-hybridized carbons (Fsp3) is 0.412. The van der Waals surface area contributed by atoms with Crippen LogP contribution in [-0.2, 0) is 0 Å². The van der Waals surface area contributed by atoms with Crippen molar-refractivity contribution in [2.24, 2.45) is 0 Å². The largest absolute Gasteiger partial charge is 0.495 e. The summed E-state index contributed by atoms with van der Waals surface area (Å²) in [6.07, 6.45) is 9.18. The summed E-state index contributed by atoms with van der Waals surface area (Å²) in [6.45, 7) is 2.02. The smallest absolute Gasteiger partial charge is 0.139 e. The van der Waals surface area contributed by atoms with E-state index in [4.69, 9.17) is 16.3 Å². The van der Waals surface area contributed by atoms with Crippen LogP contribution in [0.25, 0.3) is 0 Å². The van der Waals surface area contributed by atoms with Crippen molar-refractivity contribution in [2.75, 3.05) is 32.1 Å². The van der Waals surface area contributed by atoms with E-state index in [0.29, 0.717) is 11.1 Å². The Labute approximate surface area is 131 Å². The first-order chi connectivity index (χ1) is 10.2. The van der Waals surface area contributed by atoms with E-state index in [1.807, 2.05) is 18.2 Å². The van der Waals surface area contributed by atoms with Gasteiger partial charge in [-0.25, -0.2) is 0 Å². The van der Waals surface area contributed by atoms with Crippen molar-refractivity contribution in [2.45, 2.75) is 18.9 Å². The number of likely N-dealkylation sites (tertiary alicyclic amines) is 1. The standard InChI is InChI=1S/C17H21ClN2O/c1-19-10-5-8-14(19)13-6-4-11-20(12-13)15-7-3-9-16(21-2)17(15)18/h3-4,6-7,9,12,14H,5,8,10-11H2,1-2H3. The molecule has 0 radical (unpaired) electrons. The van der Waals surface area contributed by atoms with Gasteiger partial charge < -0.3 is 9.64 Å². The average molecular weight is 305 g/mol. The lowest BCUT2D eigenvalue weighted by molar-refractivity contribution is 0.348. The van der Waals surface area contributed by atoms with Gasteiger partial charge in [0.1, 0.15) is 10.8 Å². The van der Waals surface area contributed by atoms with Gasteiger partial charge in [-0.3, -0.25) is 4.90 Å². The van der Waals surface area contributed by atoms with Crippen LogP contribution in [0.5, 0.6) is 5.75 Å². The molecule has 3 rings (SSSR count). The van der Waals surface area contributed by atoms with E-state index < -0.39 is 0 Å². The highest BCUT2D eigenvalue weighted by Gasteiger charge is 2.25. The van der Waals surface area contributed by atoms with Gasteiger partial charge in [-0.05, 0) is 44.1 Å². The maximum Gasteiger partial charge on any atom is 0.139 e. The maximum atomic E-state index is 6.45. The third kappa shape index (κ3) is 2.81. The summed E-state index contributed by atoms with van der Waals surface area (Å²) in [5.74, 6) is 0.719. The summed E-state index contributed by atoms with van der Waals surface area (Å²) < 4.78 is 5.31. The summed E-state index contributed by atoms with van der Waals surface area (Å²) in [4.78, 5) is 4.62. The molecule has 3 nitrogen and oxygen atoms in total. The number of halogens is 1. The number of hydrogen-bond acceptors (Lipinski definition) is 3. The zero-order valence-corrected chi connectivity index (χ0v) is 13.3. The zero-order valence-electron chi connectivity index (χ0n) is 12.6. The Morgan fingerprint density at radius 1 is 1.33 bits per heavy atom. The minimum absolute atomic E-state index is 0.522. The first-order valence-electron chi connectivity index (χ1n) is 7.38. The Hall–Kier alpha value is -1.45. The van der Waals surface area contributed by atoms with Crippen LogP contribution >= 0.6 is 11.6 Å². The van der Waals surface area contributed by atoms with E-state index in [-0.39, 0.29) is 0 Å². The van der Waals surface area contributed by atoms with E-state index in [1.165, 1.54) is 25.0 Å². The molecule has 112 valence electrons. The second-order valence-corrected chi connectivity index (χ2v) is 5.99. The molecule has 2 aliphatic heterocycles. The van der Waals surface area contributed by atoms with Gasteiger partial charge >= 0.3 is 0 Å². The summed E-state index contributed by atoms with van der Waals surface area (Å²) in [7, 11) is 3.85. The summed E-state index contributed by atoms with van der Waals surface area (Å²) in [5, 5.41) is 0.672. The Kier molecular flexibility index (Phi) is 4.22. The van der Waals surface area contributed by atoms with Gasteiger partial charge in [0.2, 0.25) is 0 Å². The van der Waals surface area contributed by atoms with E-state index in [9.17, 15) is 0 Å². The van der Waals surface area contributed by atoms with Crippen molar-refractivity contribution < 1.29 is 4.74 Å². The molecule has 0 amide bonds. The molecule has 0 spiro atoms. The predicted octanol–water partition coefficient (Wildman–Crippen LogP) is 3.70. The topological polar surface area (TPSA) is 15.7 Å². The molecular weight excluding hydrogens is 284 g/mol. The molecule has 1 aromatic rings. The van der Waals surface area contributed by atoms with Crippen molar-refractivity contribution in [3.05, 3.63) is 47.1 Å². The monoisotopic (exact) mass is 304 g/mol. The van der Waals surface area contributed by atoms with Gasteiger partial charge in [-0.1, -0.05) is 29.8 Å². The third-order valence-electron chi connectivity index (χ3n) is 4.29. The molecule has 0 saturated carbocycles. The molecule has 1 saturated heterocycles. The van der Waals surface area contributed by atoms with Gasteiger partial charge in [0.15, 0.2) is 0 Å². The molecule has 0 aromatic heterocycles. The van der Waals surface area contributed by atoms with Gasteiger partial charge in [0.25, 0.3) is 0 Å². The van der Waals surface area contributed by atoms with Crippen molar-refractivity contribution in [1.29, 1.82) is 0 Å². The van der Waals surface area contributed by atoms with Gasteiger partial charge in [0.05, 0.1) is 12.8 Å². The Morgan fingerprint density at radius 2 is 2.19 bits per heavy atom. The van der Waals surface area contributed by atoms with Gasteiger partial charge in [-0.2, -0.15) is 0 Å². The second kappa shape index (κ2) is 6.12. The Bertz CT molecular complexity index is 582. The third-order valence-corrected chi connectivity index (χ3v) is 4.67. The van der Waals surface area contributed by atoms with Crippen molar-refractivity contribution in [3.63, 3.8) is 0 Å². The lowest BCUT2D eigenvalue weighted by Crippen LogP contribution is -2.30. The SMILES string of the molecule is COc1cccc(N2C=C(C3CCCN3C)C=CC2)c1Cl. The van der Waals surface area contributed by atoms with Crippen molar-refractivity contribution in [3.8, 4) is 5.75 Å². The summed E-state index contributed by atoms with van der Waals surface area (Å²) in [6, 6.07) is 6.43. The Morgan fingerprint density at radius 3 is 2.90 bits per heavy atom. The van der Waals surface area contributed by atoms with E-state index in [1.54, 1.807) is 7.11 Å². The highest BCUT2D eigenvalue weighted by Crippen LogP contribution is 2.36. The summed E-state index contributed by atoms with van der Waals surface area (Å²) >= 11 is 6.45. The van der Waals surface area contributed by atoms with Crippen LogP contribution in [0.3, 0.4) is 0 Å². The molecule has 1 unspecified atom stereocenters. The number of hydrogen-bond donors (Lipinski definition) is 0. The number of methoxy groups -OCH3 is 1. The summed E-state index contributed by atoms with van der Waals surface area (Å²) in [5.41, 5.74) is 2.36. The number of benzene rings is 1. The molecule has 21 heavy (non-hydrogen) atoms. The highest BCUT2D eigenvalue weighted by atomic mass is 35.5. The predicted molar refractivity (Wildman–Crippen MR) is 88.2 cm³/mol. The second-order valence-electron chi connectivity index (χ2n) is 5.62. The number of ether oxygens (including phenoxy) is 1. The molecule has 1 aromatic carbocycles. The molecular formula is C17H21ClN2O. The van der Waals surface area contributed by atoms with Crippen LogP contribution in [0.15, 0.2) is 42.1 Å². The Balaban J connectivity index is 1.90. The number of nitrogens with zero attached hydrogens (tertiary/aromatic N) is 2. The van der Waals surface area contributed by atoms with Crippen LogP contribution in [-0.4, -0.2) is 38.2 Å². The number of likely N-dealkylation sites (N-methyl/N-ethyl adjacent to an activating group) is 1. The van der Waals surface area contributed by atoms with Crippen LogP contribution in [0, 0.1) is 0 Å². The van der Waals surface area contributed by atoms with E-state index >= 15 is 0 Å². The van der Waals surface area contributed by atoms with E-state index in [0.717, 1.165) is 18.0 Å². The molecule has 1 atom stereocenters. The molecule has 0 N–H and O–H groups in total. The number of rotatable bonds is 3. The van der Waals surface area contributed by atoms with Crippen LogP contribution in [0.4, 0.5) is 5.69 Å². The van der Waals surface area contributed by atoms with Gasteiger partial charge in [0, 0.05) is 18.8 Å². The fourth-order valence-corrected chi connectivity index (χ4v) is 3.46. The lowest BCUT2D eigenvalue weighted by Gasteiger charge is -2.29.